The van der Waals surface area contributed by atoms with E-state index in [0.29, 0.717) is 12.2 Å². The molecular weight excluding hydrogens is 274 g/mol. The van der Waals surface area contributed by atoms with Gasteiger partial charge in [-0.1, -0.05) is 24.3 Å². The van der Waals surface area contributed by atoms with Gasteiger partial charge in [0.05, 0.1) is 6.42 Å². The Morgan fingerprint density at radius 2 is 1.90 bits per heavy atom. The van der Waals surface area contributed by atoms with Crippen LogP contribution in [-0.4, -0.2) is 13.0 Å². The van der Waals surface area contributed by atoms with Gasteiger partial charge >= 0.3 is 0 Å². The molecule has 2 N–H and O–H groups in total. The number of hydrogen-bond donors (Lipinski definition) is 1. The number of amides is 1. The lowest BCUT2D eigenvalue weighted by atomic mass is 10.1. The molecule has 2 rings (SSSR count). The molecule has 110 valence electrons. The van der Waals surface area contributed by atoms with E-state index in [4.69, 9.17) is 5.73 Å². The van der Waals surface area contributed by atoms with Crippen molar-refractivity contribution in [1.82, 2.24) is 0 Å². The van der Waals surface area contributed by atoms with Gasteiger partial charge in [0.1, 0.15) is 0 Å². The monoisotopic (exact) mass is 290 g/mol. The summed E-state index contributed by atoms with van der Waals surface area (Å²) in [5.74, 6) is -2.25. The first-order valence-corrected chi connectivity index (χ1v) is 6.51. The molecule has 2 aromatic carbocycles. The SMILES string of the molecule is CN(C(=O)Cc1cccc(F)c1F)c1cccc(CN)c1. The minimum atomic E-state index is -0.977. The second-order valence-corrected chi connectivity index (χ2v) is 4.72. The Bertz CT molecular complexity index is 658. The molecule has 0 bridgehead atoms. The van der Waals surface area contributed by atoms with Crippen LogP contribution in [0, 0.1) is 11.6 Å². The molecule has 0 fully saturated rings. The van der Waals surface area contributed by atoms with Crippen molar-refractivity contribution >= 4 is 11.6 Å². The van der Waals surface area contributed by atoms with Crippen molar-refractivity contribution < 1.29 is 13.6 Å². The second-order valence-electron chi connectivity index (χ2n) is 4.72. The molecule has 0 aliphatic rings. The maximum absolute atomic E-state index is 13.6. The van der Waals surface area contributed by atoms with Gasteiger partial charge in [-0.3, -0.25) is 4.79 Å². The van der Waals surface area contributed by atoms with Crippen LogP contribution >= 0.6 is 0 Å². The summed E-state index contributed by atoms with van der Waals surface area (Å²) in [6.07, 6.45) is -0.201. The minimum Gasteiger partial charge on any atom is -0.326 e. The van der Waals surface area contributed by atoms with Crippen molar-refractivity contribution in [3.63, 3.8) is 0 Å². The number of likely N-dealkylation sites (N-methyl/N-ethyl adjacent to an activating group) is 1. The van der Waals surface area contributed by atoms with Gasteiger partial charge in [-0.05, 0) is 23.8 Å². The highest BCUT2D eigenvalue weighted by atomic mass is 19.2. The Hall–Kier alpha value is -2.27. The van der Waals surface area contributed by atoms with E-state index in [0.717, 1.165) is 11.6 Å². The molecule has 0 saturated carbocycles. The normalized spacial score (nSPS) is 10.5. The fourth-order valence-electron chi connectivity index (χ4n) is 2.00. The molecule has 0 heterocycles. The van der Waals surface area contributed by atoms with Crippen LogP contribution in [0.15, 0.2) is 42.5 Å². The average Bonchev–Trinajstić information content (AvgIpc) is 2.51. The van der Waals surface area contributed by atoms with Gasteiger partial charge in [-0.25, -0.2) is 8.78 Å². The van der Waals surface area contributed by atoms with Crippen LogP contribution in [-0.2, 0) is 17.8 Å². The molecule has 0 atom stereocenters. The van der Waals surface area contributed by atoms with Crippen LogP contribution in [0.5, 0.6) is 0 Å². The molecule has 0 aliphatic heterocycles. The van der Waals surface area contributed by atoms with E-state index in [9.17, 15) is 13.6 Å². The van der Waals surface area contributed by atoms with Crippen molar-refractivity contribution in [2.75, 3.05) is 11.9 Å². The van der Waals surface area contributed by atoms with Crippen LogP contribution in [0.3, 0.4) is 0 Å². The standard InChI is InChI=1S/C16H16F2N2O/c1-20(13-6-2-4-11(8-13)10-19)15(21)9-12-5-3-7-14(17)16(12)18/h2-8H,9-10,19H2,1H3. The molecule has 0 aliphatic carbocycles. The highest BCUT2D eigenvalue weighted by Crippen LogP contribution is 2.17. The molecule has 1 amide bonds. The number of benzene rings is 2. The molecule has 3 nitrogen and oxygen atoms in total. The summed E-state index contributed by atoms with van der Waals surface area (Å²) >= 11 is 0. The number of nitrogens with zero attached hydrogens (tertiary/aromatic N) is 1. The zero-order chi connectivity index (χ0) is 15.4. The van der Waals surface area contributed by atoms with Crippen molar-refractivity contribution in [3.05, 3.63) is 65.2 Å². The highest BCUT2D eigenvalue weighted by Gasteiger charge is 2.16. The van der Waals surface area contributed by atoms with Crippen molar-refractivity contribution in [2.45, 2.75) is 13.0 Å². The predicted molar refractivity (Wildman–Crippen MR) is 77.8 cm³/mol. The highest BCUT2D eigenvalue weighted by molar-refractivity contribution is 5.94. The summed E-state index contributed by atoms with van der Waals surface area (Å²) in [4.78, 5) is 13.6. The van der Waals surface area contributed by atoms with E-state index in [2.05, 4.69) is 0 Å². The first kappa shape index (κ1) is 15.1. The Morgan fingerprint density at radius 3 is 2.62 bits per heavy atom. The van der Waals surface area contributed by atoms with Gasteiger partial charge in [-0.2, -0.15) is 0 Å². The second kappa shape index (κ2) is 6.45. The van der Waals surface area contributed by atoms with Gasteiger partial charge < -0.3 is 10.6 Å². The smallest absolute Gasteiger partial charge is 0.231 e. The third kappa shape index (κ3) is 3.44. The first-order valence-electron chi connectivity index (χ1n) is 6.51. The average molecular weight is 290 g/mol. The summed E-state index contributed by atoms with van der Waals surface area (Å²) in [5, 5.41) is 0. The van der Waals surface area contributed by atoms with E-state index in [1.165, 1.54) is 17.0 Å². The lowest BCUT2D eigenvalue weighted by Gasteiger charge is -2.18. The lowest BCUT2D eigenvalue weighted by molar-refractivity contribution is -0.117. The maximum atomic E-state index is 13.6. The molecule has 0 aromatic heterocycles. The van der Waals surface area contributed by atoms with Crippen LogP contribution in [0.1, 0.15) is 11.1 Å². The van der Waals surface area contributed by atoms with Gasteiger partial charge in [0.2, 0.25) is 5.91 Å². The quantitative estimate of drug-likeness (QED) is 0.941. The predicted octanol–water partition coefficient (Wildman–Crippen LogP) is 2.63. The number of carbonyl (C=O) groups excluding carboxylic acids is 1. The molecular formula is C16H16F2N2O. The van der Waals surface area contributed by atoms with E-state index < -0.39 is 11.6 Å². The van der Waals surface area contributed by atoms with Crippen molar-refractivity contribution in [1.29, 1.82) is 0 Å². The Balaban J connectivity index is 2.17. The number of carbonyl (C=O) groups is 1. The number of hydrogen-bond acceptors (Lipinski definition) is 2. The van der Waals surface area contributed by atoms with E-state index in [1.54, 1.807) is 25.2 Å². The lowest BCUT2D eigenvalue weighted by Crippen LogP contribution is -2.28. The summed E-state index contributed by atoms with van der Waals surface area (Å²) in [6, 6.07) is 11.0. The van der Waals surface area contributed by atoms with Gasteiger partial charge in [0, 0.05) is 24.8 Å². The Kier molecular flexibility index (Phi) is 4.65. The molecule has 0 saturated heterocycles. The van der Waals surface area contributed by atoms with E-state index >= 15 is 0 Å². The van der Waals surface area contributed by atoms with Crippen LogP contribution in [0.25, 0.3) is 0 Å². The largest absolute Gasteiger partial charge is 0.326 e. The zero-order valence-electron chi connectivity index (χ0n) is 11.6. The molecule has 0 radical (unpaired) electrons. The van der Waals surface area contributed by atoms with E-state index in [1.807, 2.05) is 6.07 Å². The Morgan fingerprint density at radius 1 is 1.19 bits per heavy atom. The summed E-state index contributed by atoms with van der Waals surface area (Å²) < 4.78 is 26.7. The molecule has 0 spiro atoms. The van der Waals surface area contributed by atoms with Crippen molar-refractivity contribution in [2.24, 2.45) is 5.73 Å². The van der Waals surface area contributed by atoms with Crippen LogP contribution in [0.4, 0.5) is 14.5 Å². The topological polar surface area (TPSA) is 46.3 Å². The fraction of sp³-hybridized carbons (Fsp3) is 0.188. The summed E-state index contributed by atoms with van der Waals surface area (Å²) in [6.45, 7) is 0.369. The molecule has 5 heteroatoms. The number of nitrogens with two attached hydrogens (primary N) is 1. The van der Waals surface area contributed by atoms with Crippen molar-refractivity contribution in [3.8, 4) is 0 Å². The zero-order valence-corrected chi connectivity index (χ0v) is 11.6. The van der Waals surface area contributed by atoms with Gasteiger partial charge in [-0.15, -0.1) is 0 Å². The summed E-state index contributed by atoms with van der Waals surface area (Å²) in [7, 11) is 1.59. The van der Waals surface area contributed by atoms with Gasteiger partial charge in [0.25, 0.3) is 0 Å². The number of anilines is 1. The molecule has 0 unspecified atom stereocenters. The number of rotatable bonds is 4. The Labute approximate surface area is 122 Å². The van der Waals surface area contributed by atoms with Crippen LogP contribution in [0.2, 0.25) is 0 Å². The fourth-order valence-corrected chi connectivity index (χ4v) is 2.00. The third-order valence-corrected chi connectivity index (χ3v) is 3.28. The third-order valence-electron chi connectivity index (χ3n) is 3.28. The summed E-state index contributed by atoms with van der Waals surface area (Å²) in [5.41, 5.74) is 7.16. The van der Waals surface area contributed by atoms with Gasteiger partial charge in [0.15, 0.2) is 11.6 Å². The molecule has 21 heavy (non-hydrogen) atoms. The molecule has 2 aromatic rings. The number of halogens is 2. The first-order chi connectivity index (χ1) is 10.0. The van der Waals surface area contributed by atoms with E-state index in [-0.39, 0.29) is 17.9 Å². The van der Waals surface area contributed by atoms with Crippen LogP contribution < -0.4 is 10.6 Å². The minimum absolute atomic E-state index is 0.0434. The maximum Gasteiger partial charge on any atom is 0.231 e.